The van der Waals surface area contributed by atoms with Crippen molar-refractivity contribution in [1.82, 2.24) is 4.90 Å². The maximum absolute atomic E-state index is 5.53. The highest BCUT2D eigenvalue weighted by Gasteiger charge is 2.31. The average Bonchev–Trinajstić information content (AvgIpc) is 2.39. The minimum Gasteiger partial charge on any atom is -0.380 e. The normalized spacial score (nSPS) is 22.3. The molecule has 0 aliphatic carbocycles. The highest BCUT2D eigenvalue weighted by atomic mass is 32.1. The lowest BCUT2D eigenvalue weighted by Crippen LogP contribution is -2.46. The SMILES string of the molecule is CCCC(CS)(CCC)CN1CCCC(OC)C1. The first-order valence-corrected chi connectivity index (χ1v) is 8.19. The first-order chi connectivity index (χ1) is 8.69. The Balaban J connectivity index is 2.58. The summed E-state index contributed by atoms with van der Waals surface area (Å²) in [6, 6.07) is 0. The summed E-state index contributed by atoms with van der Waals surface area (Å²) in [5, 5.41) is 0. The van der Waals surface area contributed by atoms with E-state index in [0.717, 1.165) is 12.3 Å². The van der Waals surface area contributed by atoms with Crippen molar-refractivity contribution < 1.29 is 4.74 Å². The van der Waals surface area contributed by atoms with E-state index in [-0.39, 0.29) is 0 Å². The van der Waals surface area contributed by atoms with Gasteiger partial charge >= 0.3 is 0 Å². The zero-order chi connectivity index (χ0) is 13.4. The first-order valence-electron chi connectivity index (χ1n) is 7.55. The Hall–Kier alpha value is 0.270. The lowest BCUT2D eigenvalue weighted by molar-refractivity contribution is 0.0142. The molecule has 1 saturated heterocycles. The van der Waals surface area contributed by atoms with Crippen LogP contribution in [-0.2, 0) is 4.74 Å². The zero-order valence-corrected chi connectivity index (χ0v) is 13.3. The molecule has 0 amide bonds. The maximum Gasteiger partial charge on any atom is 0.0698 e. The van der Waals surface area contributed by atoms with Gasteiger partial charge in [-0.05, 0) is 43.4 Å². The Morgan fingerprint density at radius 2 is 1.94 bits per heavy atom. The number of nitrogens with zero attached hydrogens (tertiary/aromatic N) is 1. The van der Waals surface area contributed by atoms with Gasteiger partial charge in [0.25, 0.3) is 0 Å². The molecule has 1 rings (SSSR count). The van der Waals surface area contributed by atoms with Crippen molar-refractivity contribution in [3.63, 3.8) is 0 Å². The summed E-state index contributed by atoms with van der Waals surface area (Å²) in [6.07, 6.45) is 8.09. The third-order valence-electron chi connectivity index (χ3n) is 4.25. The maximum atomic E-state index is 5.53. The molecule has 1 heterocycles. The molecular weight excluding hydrogens is 242 g/mol. The number of methoxy groups -OCH3 is 1. The number of ether oxygens (including phenoxy) is 1. The van der Waals surface area contributed by atoms with Crippen LogP contribution in [0.15, 0.2) is 0 Å². The second kappa shape index (κ2) is 8.44. The lowest BCUT2D eigenvalue weighted by atomic mass is 9.80. The van der Waals surface area contributed by atoms with Crippen molar-refractivity contribution in [2.75, 3.05) is 32.5 Å². The fraction of sp³-hybridized carbons (Fsp3) is 1.00. The minimum atomic E-state index is 0.419. The second-order valence-electron chi connectivity index (χ2n) is 5.89. The third kappa shape index (κ3) is 4.75. The summed E-state index contributed by atoms with van der Waals surface area (Å²) in [6.45, 7) is 8.14. The molecule has 0 bridgehead atoms. The van der Waals surface area contributed by atoms with Crippen LogP contribution in [0.25, 0.3) is 0 Å². The van der Waals surface area contributed by atoms with E-state index in [0.29, 0.717) is 11.5 Å². The number of hydrogen-bond donors (Lipinski definition) is 1. The lowest BCUT2D eigenvalue weighted by Gasteiger charge is -2.40. The molecule has 0 aromatic heterocycles. The predicted molar refractivity (Wildman–Crippen MR) is 82.6 cm³/mol. The summed E-state index contributed by atoms with van der Waals surface area (Å²) >= 11 is 4.66. The van der Waals surface area contributed by atoms with Gasteiger partial charge in [0.05, 0.1) is 6.10 Å². The molecule has 2 nitrogen and oxygen atoms in total. The average molecular weight is 273 g/mol. The number of likely N-dealkylation sites (tertiary alicyclic amines) is 1. The summed E-state index contributed by atoms with van der Waals surface area (Å²) in [4.78, 5) is 2.61. The summed E-state index contributed by atoms with van der Waals surface area (Å²) < 4.78 is 5.53. The molecule has 1 aliphatic heterocycles. The van der Waals surface area contributed by atoms with Gasteiger partial charge in [-0.2, -0.15) is 12.6 Å². The highest BCUT2D eigenvalue weighted by Crippen LogP contribution is 2.33. The van der Waals surface area contributed by atoms with Crippen molar-refractivity contribution in [2.45, 2.75) is 58.5 Å². The van der Waals surface area contributed by atoms with Gasteiger partial charge in [0.15, 0.2) is 0 Å². The monoisotopic (exact) mass is 273 g/mol. The van der Waals surface area contributed by atoms with E-state index >= 15 is 0 Å². The molecule has 0 aromatic carbocycles. The molecule has 1 fully saturated rings. The quantitative estimate of drug-likeness (QED) is 0.678. The molecule has 1 unspecified atom stereocenters. The van der Waals surface area contributed by atoms with E-state index < -0.39 is 0 Å². The molecule has 1 atom stereocenters. The number of thiol groups is 1. The number of piperidine rings is 1. The Labute approximate surface area is 119 Å². The number of hydrogen-bond acceptors (Lipinski definition) is 3. The van der Waals surface area contributed by atoms with Gasteiger partial charge in [-0.25, -0.2) is 0 Å². The molecule has 0 spiro atoms. The smallest absolute Gasteiger partial charge is 0.0698 e. The standard InChI is InChI=1S/C15H31NOS/c1-4-8-15(13-18,9-5-2)12-16-10-6-7-14(11-16)17-3/h14,18H,4-13H2,1-3H3. The molecule has 0 aromatic rings. The van der Waals surface area contributed by atoms with Crippen LogP contribution in [0.5, 0.6) is 0 Å². The third-order valence-corrected chi connectivity index (χ3v) is 4.92. The van der Waals surface area contributed by atoms with Gasteiger partial charge in [-0.3, -0.25) is 0 Å². The van der Waals surface area contributed by atoms with Crippen LogP contribution in [0, 0.1) is 5.41 Å². The fourth-order valence-corrected chi connectivity index (χ4v) is 3.79. The molecule has 108 valence electrons. The van der Waals surface area contributed by atoms with Crippen molar-refractivity contribution in [1.29, 1.82) is 0 Å². The zero-order valence-electron chi connectivity index (χ0n) is 12.5. The van der Waals surface area contributed by atoms with Gasteiger partial charge in [0, 0.05) is 20.2 Å². The Kier molecular flexibility index (Phi) is 7.66. The largest absolute Gasteiger partial charge is 0.380 e. The van der Waals surface area contributed by atoms with Crippen LogP contribution in [0.2, 0.25) is 0 Å². The van der Waals surface area contributed by atoms with E-state index in [1.807, 2.05) is 7.11 Å². The fourth-order valence-electron chi connectivity index (χ4n) is 3.38. The van der Waals surface area contributed by atoms with Crippen LogP contribution >= 0.6 is 12.6 Å². The molecule has 0 radical (unpaired) electrons. The Morgan fingerprint density at radius 1 is 1.28 bits per heavy atom. The van der Waals surface area contributed by atoms with Gasteiger partial charge in [0.1, 0.15) is 0 Å². The van der Waals surface area contributed by atoms with E-state index in [2.05, 4.69) is 31.4 Å². The van der Waals surface area contributed by atoms with E-state index in [1.54, 1.807) is 0 Å². The summed E-state index contributed by atoms with van der Waals surface area (Å²) in [7, 11) is 1.85. The first kappa shape index (κ1) is 16.3. The number of rotatable bonds is 8. The van der Waals surface area contributed by atoms with E-state index in [1.165, 1.54) is 51.6 Å². The molecular formula is C15H31NOS. The minimum absolute atomic E-state index is 0.419. The molecule has 18 heavy (non-hydrogen) atoms. The van der Waals surface area contributed by atoms with Crippen LogP contribution in [0.4, 0.5) is 0 Å². The predicted octanol–water partition coefficient (Wildman–Crippen LogP) is 3.61. The molecule has 3 heteroatoms. The van der Waals surface area contributed by atoms with Crippen LogP contribution in [0.1, 0.15) is 52.4 Å². The Bertz CT molecular complexity index is 217. The van der Waals surface area contributed by atoms with E-state index in [9.17, 15) is 0 Å². The summed E-state index contributed by atoms with van der Waals surface area (Å²) in [5.41, 5.74) is 0.419. The highest BCUT2D eigenvalue weighted by molar-refractivity contribution is 7.80. The topological polar surface area (TPSA) is 12.5 Å². The van der Waals surface area contributed by atoms with E-state index in [4.69, 9.17) is 4.74 Å². The molecule has 1 aliphatic rings. The van der Waals surface area contributed by atoms with Crippen molar-refractivity contribution in [2.24, 2.45) is 5.41 Å². The Morgan fingerprint density at radius 3 is 2.44 bits per heavy atom. The van der Waals surface area contributed by atoms with Gasteiger partial charge in [0.2, 0.25) is 0 Å². The molecule has 0 N–H and O–H groups in total. The van der Waals surface area contributed by atoms with Gasteiger partial charge in [-0.15, -0.1) is 0 Å². The van der Waals surface area contributed by atoms with Crippen LogP contribution in [0.3, 0.4) is 0 Å². The van der Waals surface area contributed by atoms with Crippen molar-refractivity contribution in [3.05, 3.63) is 0 Å². The summed E-state index contributed by atoms with van der Waals surface area (Å²) in [5.74, 6) is 1.02. The van der Waals surface area contributed by atoms with Crippen LogP contribution < -0.4 is 0 Å². The van der Waals surface area contributed by atoms with Crippen molar-refractivity contribution >= 4 is 12.6 Å². The second-order valence-corrected chi connectivity index (χ2v) is 6.21. The van der Waals surface area contributed by atoms with Crippen molar-refractivity contribution in [3.8, 4) is 0 Å². The van der Waals surface area contributed by atoms with Gasteiger partial charge in [-0.1, -0.05) is 26.7 Å². The van der Waals surface area contributed by atoms with Gasteiger partial charge < -0.3 is 9.64 Å². The van der Waals surface area contributed by atoms with Crippen LogP contribution in [-0.4, -0.2) is 43.5 Å². The molecule has 0 saturated carbocycles.